The van der Waals surface area contributed by atoms with Gasteiger partial charge in [0.05, 0.1) is 0 Å². The van der Waals surface area contributed by atoms with Crippen LogP contribution in [0.2, 0.25) is 0 Å². The summed E-state index contributed by atoms with van der Waals surface area (Å²) in [7, 11) is -2.72. The molecular formula is H7AlO4P2. The summed E-state index contributed by atoms with van der Waals surface area (Å²) in [6, 6.07) is 0. The molecule has 0 saturated heterocycles. The lowest BCUT2D eigenvalue weighted by atomic mass is 15.7. The lowest BCUT2D eigenvalue weighted by Crippen LogP contribution is -1.69. The normalized spacial score (nSPS) is 10.1. The van der Waals surface area contributed by atoms with Crippen LogP contribution in [-0.4, -0.2) is 27.1 Å². The van der Waals surface area contributed by atoms with E-state index in [2.05, 4.69) is 4.31 Å². The van der Waals surface area contributed by atoms with Gasteiger partial charge in [-0.25, -0.2) is 4.57 Å². The van der Waals surface area contributed by atoms with Crippen molar-refractivity contribution in [3.63, 3.8) is 0 Å². The topological polar surface area (TPSA) is 66.8 Å². The zero-order valence-corrected chi connectivity index (χ0v) is 4.78. The minimum Gasteiger partial charge on any atom is -0.302 e. The van der Waals surface area contributed by atoms with Crippen LogP contribution in [0.5, 0.6) is 0 Å². The molecule has 0 amide bonds. The Kier molecular flexibility index (Phi) is 6.26. The summed E-state index contributed by atoms with van der Waals surface area (Å²) in [5.41, 5.74) is 0. The van der Waals surface area contributed by atoms with Crippen LogP contribution < -0.4 is 0 Å². The average Bonchev–Trinajstić information content (AvgIpc) is 1.35. The van der Waals surface area contributed by atoms with Crippen molar-refractivity contribution in [3.8, 4) is 0 Å². The monoisotopic (exact) mass is 160 g/mol. The third-order valence-electron chi connectivity index (χ3n) is 0.137. The third kappa shape index (κ3) is 11.0. The van der Waals surface area contributed by atoms with Crippen LogP contribution in [0.3, 0.4) is 0 Å². The number of phosphoric acid groups is 1. The molecule has 7 heavy (non-hydrogen) atoms. The molecule has 0 aromatic heterocycles. The minimum atomic E-state index is -4.18. The van der Waals surface area contributed by atoms with Gasteiger partial charge < -0.3 is 9.79 Å². The molecule has 0 rings (SSSR count). The van der Waals surface area contributed by atoms with E-state index in [4.69, 9.17) is 9.79 Å². The predicted octanol–water partition coefficient (Wildman–Crippen LogP) is -1.30. The molecule has 0 aliphatic rings. The quantitative estimate of drug-likeness (QED) is 0.369. The standard InChI is InChI=1S/Al.H4O4P2.3H/c;1-6(2,3)4-5;;;/h;5H2,(H2,1,2,3);;;. The maximum absolute atomic E-state index is 9.45. The van der Waals surface area contributed by atoms with Crippen LogP contribution in [-0.2, 0) is 8.88 Å². The zero-order valence-electron chi connectivity index (χ0n) is 2.74. The Morgan fingerprint density at radius 1 is 1.57 bits per heavy atom. The van der Waals surface area contributed by atoms with Gasteiger partial charge in [-0.05, 0) is 0 Å². The van der Waals surface area contributed by atoms with Gasteiger partial charge >= 0.3 is 7.82 Å². The largest absolute Gasteiger partial charge is 0.472 e. The fraction of sp³-hybridized carbons (Fsp3) is 0. The first-order valence-electron chi connectivity index (χ1n) is 1.00. The highest BCUT2D eigenvalue weighted by Gasteiger charge is 2.07. The summed E-state index contributed by atoms with van der Waals surface area (Å²) >= 11 is 0. The maximum atomic E-state index is 9.45. The van der Waals surface area contributed by atoms with E-state index in [1.165, 1.54) is 9.47 Å². The molecule has 0 radical (unpaired) electrons. The van der Waals surface area contributed by atoms with Crippen LogP contribution >= 0.6 is 17.3 Å². The fourth-order valence-electron chi connectivity index (χ4n) is 0. The Bertz CT molecular complexity index is 73.8. The number of hydrogen-bond acceptors (Lipinski definition) is 2. The van der Waals surface area contributed by atoms with Crippen molar-refractivity contribution in [3.05, 3.63) is 0 Å². The van der Waals surface area contributed by atoms with E-state index in [-0.39, 0.29) is 17.4 Å². The molecule has 0 spiro atoms. The van der Waals surface area contributed by atoms with E-state index in [0.717, 1.165) is 0 Å². The molecule has 2 N–H and O–H groups in total. The average molecular weight is 160 g/mol. The third-order valence-corrected chi connectivity index (χ3v) is 1.24. The van der Waals surface area contributed by atoms with E-state index in [0.29, 0.717) is 0 Å². The first kappa shape index (κ1) is 11.0. The molecule has 0 aromatic carbocycles. The summed E-state index contributed by atoms with van der Waals surface area (Å²) in [4.78, 5) is 15.4. The van der Waals surface area contributed by atoms with Crippen molar-refractivity contribution in [2.45, 2.75) is 0 Å². The van der Waals surface area contributed by atoms with E-state index in [1.807, 2.05) is 0 Å². The van der Waals surface area contributed by atoms with Crippen LogP contribution in [0, 0.1) is 0 Å². The second-order valence-electron chi connectivity index (χ2n) is 0.596. The van der Waals surface area contributed by atoms with Gasteiger partial charge in [0.15, 0.2) is 17.4 Å². The molecule has 0 aromatic rings. The predicted molar refractivity (Wildman–Crippen MR) is 32.8 cm³/mol. The lowest BCUT2D eigenvalue weighted by molar-refractivity contribution is 0.298. The van der Waals surface area contributed by atoms with Crippen molar-refractivity contribution in [1.82, 2.24) is 0 Å². The van der Waals surface area contributed by atoms with Gasteiger partial charge in [0.2, 0.25) is 0 Å². The Balaban J connectivity index is 0. The van der Waals surface area contributed by atoms with Gasteiger partial charge in [-0.2, -0.15) is 0 Å². The van der Waals surface area contributed by atoms with Gasteiger partial charge in [0.25, 0.3) is 0 Å². The zero-order chi connectivity index (χ0) is 5.21. The van der Waals surface area contributed by atoms with Crippen molar-refractivity contribution in [1.29, 1.82) is 0 Å². The molecule has 0 saturated carbocycles. The Morgan fingerprint density at radius 2 is 1.71 bits per heavy atom. The van der Waals surface area contributed by atoms with Crippen LogP contribution in [0.15, 0.2) is 0 Å². The van der Waals surface area contributed by atoms with Crippen molar-refractivity contribution >= 4 is 34.7 Å². The molecule has 1 unspecified atom stereocenters. The highest BCUT2D eigenvalue weighted by atomic mass is 31.2. The smallest absolute Gasteiger partial charge is 0.302 e. The lowest BCUT2D eigenvalue weighted by Gasteiger charge is -1.93. The van der Waals surface area contributed by atoms with Gasteiger partial charge in [0.1, 0.15) is 0 Å². The van der Waals surface area contributed by atoms with Crippen molar-refractivity contribution in [2.75, 3.05) is 0 Å². The molecule has 0 fully saturated rings. The minimum absolute atomic E-state index is 0. The Morgan fingerprint density at radius 3 is 1.71 bits per heavy atom. The summed E-state index contributed by atoms with van der Waals surface area (Å²) in [6.45, 7) is 0. The molecule has 44 valence electrons. The van der Waals surface area contributed by atoms with Gasteiger partial charge in [0, 0.05) is 9.47 Å². The van der Waals surface area contributed by atoms with E-state index < -0.39 is 7.82 Å². The number of hydrogen-bond donors (Lipinski definition) is 2. The molecule has 0 aliphatic heterocycles. The van der Waals surface area contributed by atoms with E-state index in [9.17, 15) is 4.57 Å². The van der Waals surface area contributed by atoms with Crippen molar-refractivity contribution in [2.24, 2.45) is 0 Å². The second kappa shape index (κ2) is 4.00. The van der Waals surface area contributed by atoms with Crippen LogP contribution in [0.25, 0.3) is 0 Å². The molecule has 1 atom stereocenters. The summed E-state index contributed by atoms with van der Waals surface area (Å²) in [5.74, 6) is 0. The molecular weight excluding hydrogens is 153 g/mol. The summed E-state index contributed by atoms with van der Waals surface area (Å²) in [5, 5.41) is 0. The number of rotatable bonds is 1. The highest BCUT2D eigenvalue weighted by Crippen LogP contribution is 2.38. The summed E-state index contributed by atoms with van der Waals surface area (Å²) in [6.07, 6.45) is 0. The first-order chi connectivity index (χ1) is 2.56. The fourth-order valence-corrected chi connectivity index (χ4v) is 0. The Hall–Kier alpha value is 1.07. The molecule has 4 nitrogen and oxygen atoms in total. The van der Waals surface area contributed by atoms with Gasteiger partial charge in [-0.3, -0.25) is 4.31 Å². The van der Waals surface area contributed by atoms with Crippen molar-refractivity contribution < 1.29 is 18.7 Å². The van der Waals surface area contributed by atoms with E-state index in [1.54, 1.807) is 0 Å². The van der Waals surface area contributed by atoms with Gasteiger partial charge in [-0.15, -0.1) is 0 Å². The highest BCUT2D eigenvalue weighted by molar-refractivity contribution is 7.51. The molecule has 0 heterocycles. The van der Waals surface area contributed by atoms with Gasteiger partial charge in [-0.1, -0.05) is 0 Å². The molecule has 7 heteroatoms. The summed E-state index contributed by atoms with van der Waals surface area (Å²) < 4.78 is 13.0. The Labute approximate surface area is 53.9 Å². The first-order valence-corrected chi connectivity index (χ1v) is 3.00. The van der Waals surface area contributed by atoms with Crippen LogP contribution in [0.1, 0.15) is 0 Å². The molecule has 0 aliphatic carbocycles. The van der Waals surface area contributed by atoms with E-state index >= 15 is 0 Å². The second-order valence-corrected chi connectivity index (χ2v) is 2.42. The molecule has 0 bridgehead atoms. The van der Waals surface area contributed by atoms with Crippen LogP contribution in [0.4, 0.5) is 0 Å². The SMILES string of the molecule is O=P(O)(O)OP.[AlH3]. The maximum Gasteiger partial charge on any atom is 0.472 e.